The van der Waals surface area contributed by atoms with Crippen LogP contribution in [0.25, 0.3) is 99.2 Å². The lowest BCUT2D eigenvalue weighted by Crippen LogP contribution is -2.12. The van der Waals surface area contributed by atoms with E-state index in [0.717, 1.165) is 116 Å². The van der Waals surface area contributed by atoms with Gasteiger partial charge in [-0.3, -0.25) is 0 Å². The highest BCUT2D eigenvalue weighted by atomic mass is 16.3. The Labute approximate surface area is 333 Å². The van der Waals surface area contributed by atoms with E-state index in [4.69, 9.17) is 13.3 Å². The molecule has 0 radical (unpaired) electrons. The zero-order valence-electron chi connectivity index (χ0n) is 31.2. The third-order valence-electron chi connectivity index (χ3n) is 11.5. The Hall–Kier alpha value is -7.82. The van der Waals surface area contributed by atoms with Crippen LogP contribution in [0.2, 0.25) is 0 Å². The van der Waals surface area contributed by atoms with Gasteiger partial charge in [-0.05, 0) is 65.2 Å². The maximum atomic E-state index is 6.96. The van der Waals surface area contributed by atoms with Gasteiger partial charge in [-0.2, -0.15) is 0 Å². The number of benzene rings is 9. The molecule has 58 heavy (non-hydrogen) atoms. The predicted molar refractivity (Wildman–Crippen MR) is 239 cm³/mol. The molecule has 0 fully saturated rings. The maximum absolute atomic E-state index is 6.96. The molecule has 0 aliphatic carbocycles. The lowest BCUT2D eigenvalue weighted by atomic mass is 9.95. The minimum Gasteiger partial charge on any atom is -0.456 e. The SMILES string of the molecule is c1ccc(-c2ccc3oc4c(-c5ccccc5)cccc4c3c2N(c2ccc3c(c2)oc2ccccc23)c2ccc(-c3ccccc3)c3oc4ccccc4c23)cc1. The first-order valence-electron chi connectivity index (χ1n) is 19.6. The van der Waals surface area contributed by atoms with Crippen LogP contribution < -0.4 is 4.90 Å². The number of rotatable bonds is 6. The molecule has 4 heteroatoms. The average molecular weight is 744 g/mol. The molecule has 0 bridgehead atoms. The van der Waals surface area contributed by atoms with Crippen molar-refractivity contribution in [3.8, 4) is 33.4 Å². The summed E-state index contributed by atoms with van der Waals surface area (Å²) in [5.41, 5.74) is 14.4. The van der Waals surface area contributed by atoms with Crippen molar-refractivity contribution in [2.45, 2.75) is 0 Å². The van der Waals surface area contributed by atoms with Crippen molar-refractivity contribution in [1.82, 2.24) is 0 Å². The number of nitrogens with zero attached hydrogens (tertiary/aromatic N) is 1. The van der Waals surface area contributed by atoms with Gasteiger partial charge in [-0.15, -0.1) is 0 Å². The summed E-state index contributed by atoms with van der Waals surface area (Å²) in [7, 11) is 0. The number of hydrogen-bond acceptors (Lipinski definition) is 4. The van der Waals surface area contributed by atoms with Crippen LogP contribution >= 0.6 is 0 Å². The van der Waals surface area contributed by atoms with Crippen molar-refractivity contribution < 1.29 is 13.3 Å². The lowest BCUT2D eigenvalue weighted by Gasteiger charge is -2.29. The van der Waals surface area contributed by atoms with Crippen molar-refractivity contribution >= 4 is 82.9 Å². The molecule has 0 unspecified atom stereocenters. The molecule has 12 aromatic rings. The van der Waals surface area contributed by atoms with Crippen LogP contribution in [0.1, 0.15) is 0 Å². The van der Waals surface area contributed by atoms with Crippen molar-refractivity contribution in [3.63, 3.8) is 0 Å². The first-order valence-corrected chi connectivity index (χ1v) is 19.6. The van der Waals surface area contributed by atoms with Crippen LogP contribution in [-0.2, 0) is 0 Å². The standard InChI is InChI=1S/C54H33NO3/c1-4-15-34(16-5-1)38-30-32-48-51(44-24-14-23-39(53(44)58-48)35-17-6-2-7-18-35)52(38)55(37-27-28-42-41-21-10-12-25-46(41)56-49(42)33-37)45-31-29-40(36-19-8-3-9-20-36)54-50(45)43-22-11-13-26-47(43)57-54/h1-33H. The predicted octanol–water partition coefficient (Wildman–Crippen LogP) is 15.9. The van der Waals surface area contributed by atoms with Crippen LogP contribution in [-0.4, -0.2) is 0 Å². The molecular weight excluding hydrogens is 711 g/mol. The third kappa shape index (κ3) is 4.95. The molecule has 0 atom stereocenters. The van der Waals surface area contributed by atoms with Crippen LogP contribution in [0.4, 0.5) is 17.1 Å². The van der Waals surface area contributed by atoms with Gasteiger partial charge in [-0.25, -0.2) is 0 Å². The summed E-state index contributed by atoms with van der Waals surface area (Å²) in [6, 6.07) is 70.0. The highest BCUT2D eigenvalue weighted by Gasteiger charge is 2.28. The normalized spacial score (nSPS) is 11.8. The lowest BCUT2D eigenvalue weighted by molar-refractivity contribution is 0.669. The minimum atomic E-state index is 0.803. The first kappa shape index (κ1) is 32.4. The topological polar surface area (TPSA) is 42.7 Å². The molecule has 0 N–H and O–H groups in total. The summed E-state index contributed by atoms with van der Waals surface area (Å²) in [5.74, 6) is 0. The second-order valence-corrected chi connectivity index (χ2v) is 14.8. The van der Waals surface area contributed by atoms with Gasteiger partial charge >= 0.3 is 0 Å². The van der Waals surface area contributed by atoms with E-state index in [2.05, 4.69) is 175 Å². The number of anilines is 3. The molecule has 12 rings (SSSR count). The van der Waals surface area contributed by atoms with Gasteiger partial charge in [0.15, 0.2) is 0 Å². The summed E-state index contributed by atoms with van der Waals surface area (Å²) < 4.78 is 20.4. The molecule has 0 spiro atoms. The van der Waals surface area contributed by atoms with E-state index in [1.165, 1.54) is 0 Å². The third-order valence-corrected chi connectivity index (χ3v) is 11.5. The molecule has 9 aromatic carbocycles. The highest BCUT2D eigenvalue weighted by Crippen LogP contribution is 2.53. The smallest absolute Gasteiger partial charge is 0.145 e. The summed E-state index contributed by atoms with van der Waals surface area (Å²) in [4.78, 5) is 2.40. The van der Waals surface area contributed by atoms with E-state index in [-0.39, 0.29) is 0 Å². The number of hydrogen-bond donors (Lipinski definition) is 0. The van der Waals surface area contributed by atoms with E-state index < -0.39 is 0 Å². The van der Waals surface area contributed by atoms with E-state index in [9.17, 15) is 0 Å². The van der Waals surface area contributed by atoms with Crippen molar-refractivity contribution in [1.29, 1.82) is 0 Å². The largest absolute Gasteiger partial charge is 0.456 e. The fraction of sp³-hybridized carbons (Fsp3) is 0. The Balaban J connectivity index is 1.25. The Morgan fingerprint density at radius 1 is 0.310 bits per heavy atom. The summed E-state index contributed by atoms with van der Waals surface area (Å²) in [6.07, 6.45) is 0. The van der Waals surface area contributed by atoms with E-state index in [0.29, 0.717) is 0 Å². The van der Waals surface area contributed by atoms with E-state index >= 15 is 0 Å². The maximum Gasteiger partial charge on any atom is 0.145 e. The first-order chi connectivity index (χ1) is 28.8. The monoisotopic (exact) mass is 743 g/mol. The Bertz CT molecular complexity index is 3500. The van der Waals surface area contributed by atoms with E-state index in [1.807, 2.05) is 30.3 Å². The average Bonchev–Trinajstić information content (AvgIpc) is 3.99. The molecular formula is C54H33NO3. The van der Waals surface area contributed by atoms with Crippen molar-refractivity contribution in [2.24, 2.45) is 0 Å². The molecule has 272 valence electrons. The van der Waals surface area contributed by atoms with Gasteiger partial charge in [0, 0.05) is 50.0 Å². The van der Waals surface area contributed by atoms with Gasteiger partial charge in [0.2, 0.25) is 0 Å². The highest BCUT2D eigenvalue weighted by molar-refractivity contribution is 6.23. The second kappa shape index (κ2) is 12.9. The second-order valence-electron chi connectivity index (χ2n) is 14.8. The number of furan rings is 3. The van der Waals surface area contributed by atoms with Gasteiger partial charge in [0.25, 0.3) is 0 Å². The number of fused-ring (bicyclic) bond motifs is 9. The summed E-state index contributed by atoms with van der Waals surface area (Å²) >= 11 is 0. The fourth-order valence-electron chi connectivity index (χ4n) is 8.88. The van der Waals surface area contributed by atoms with Gasteiger partial charge in [0.05, 0.1) is 22.1 Å². The Morgan fingerprint density at radius 2 is 0.862 bits per heavy atom. The van der Waals surface area contributed by atoms with Crippen LogP contribution in [0, 0.1) is 0 Å². The van der Waals surface area contributed by atoms with E-state index in [1.54, 1.807) is 0 Å². The van der Waals surface area contributed by atoms with Gasteiger partial charge < -0.3 is 18.2 Å². The van der Waals surface area contributed by atoms with Crippen molar-refractivity contribution in [2.75, 3.05) is 4.90 Å². The van der Waals surface area contributed by atoms with Crippen molar-refractivity contribution in [3.05, 3.63) is 200 Å². The summed E-state index contributed by atoms with van der Waals surface area (Å²) in [6.45, 7) is 0. The Kier molecular flexibility index (Phi) is 7.20. The summed E-state index contributed by atoms with van der Waals surface area (Å²) in [5, 5.41) is 6.28. The molecule has 0 aliphatic heterocycles. The van der Waals surface area contributed by atoms with Crippen LogP contribution in [0.5, 0.6) is 0 Å². The van der Waals surface area contributed by atoms with Crippen LogP contribution in [0.15, 0.2) is 213 Å². The van der Waals surface area contributed by atoms with Gasteiger partial charge in [-0.1, -0.05) is 146 Å². The van der Waals surface area contributed by atoms with Gasteiger partial charge in [0.1, 0.15) is 33.5 Å². The van der Waals surface area contributed by atoms with Crippen LogP contribution in [0.3, 0.4) is 0 Å². The molecule has 4 nitrogen and oxygen atoms in total. The molecule has 3 aromatic heterocycles. The molecule has 3 heterocycles. The quantitative estimate of drug-likeness (QED) is 0.170. The number of para-hydroxylation sites is 3. The fourth-order valence-corrected chi connectivity index (χ4v) is 8.88. The zero-order valence-corrected chi connectivity index (χ0v) is 31.2. The molecule has 0 aliphatic rings. The zero-order chi connectivity index (χ0) is 38.2. The molecule has 0 saturated carbocycles. The minimum absolute atomic E-state index is 0.803. The molecule has 0 saturated heterocycles. The molecule has 0 amide bonds. The Morgan fingerprint density at radius 3 is 1.59 bits per heavy atom.